The van der Waals surface area contributed by atoms with E-state index in [2.05, 4.69) is 15.3 Å². The number of nitrogens with two attached hydrogens (primary N) is 1. The average molecular weight is 599 g/mol. The van der Waals surface area contributed by atoms with Crippen LogP contribution in [0.3, 0.4) is 0 Å². The smallest absolute Gasteiger partial charge is 0.481 e. The maximum Gasteiger partial charge on any atom is 0.508 e. The number of para-hydroxylation sites is 2. The number of carbonyl (C=O) groups is 4. The number of rotatable bonds is 15. The van der Waals surface area contributed by atoms with Gasteiger partial charge in [0.2, 0.25) is 5.91 Å². The van der Waals surface area contributed by atoms with E-state index in [4.69, 9.17) is 20.3 Å². The number of hydrogen-bond donors (Lipinski definition) is 4. The number of nitrogens with zero attached hydrogens (tertiary/aromatic N) is 2. The van der Waals surface area contributed by atoms with Crippen LogP contribution in [0, 0.1) is 11.7 Å². The third kappa shape index (κ3) is 10.9. The van der Waals surface area contributed by atoms with Crippen molar-refractivity contribution in [2.24, 2.45) is 11.7 Å². The van der Waals surface area contributed by atoms with Gasteiger partial charge in [-0.25, -0.2) is 14.2 Å². The molecule has 0 saturated carbocycles. The molecular weight excluding hydrogens is 563 g/mol. The normalized spacial score (nSPS) is 13.5. The quantitative estimate of drug-likeness (QED) is 0.189. The van der Waals surface area contributed by atoms with E-state index < -0.39 is 66.4 Å². The highest BCUT2D eigenvalue weighted by molar-refractivity contribution is 5.94. The molecule has 0 aliphatic rings. The van der Waals surface area contributed by atoms with Gasteiger partial charge in [0.1, 0.15) is 24.2 Å². The first-order chi connectivity index (χ1) is 20.3. The van der Waals surface area contributed by atoms with Gasteiger partial charge in [0.25, 0.3) is 5.91 Å². The number of halogens is 1. The zero-order chi connectivity index (χ0) is 31.6. The Morgan fingerprint density at radius 2 is 1.81 bits per heavy atom. The molecule has 3 rings (SSSR count). The predicted octanol–water partition coefficient (Wildman–Crippen LogP) is 3.15. The number of carboxylic acids is 1. The standard InChI is InChI=1S/C30H35FN4O8/c1-30(2,41)12-10-19(27(32)38)16-25(43-29(40)42-13-11-26(36)37)23(15-18-6-5-7-20(31)14-18)35-28(39)24-17-33-21-8-3-4-9-22(21)34-24/h3-9,14,17,19,23,25,41H,10-13,15-16H2,1-2H3,(H2,32,38)(H,35,39)(H,36,37)/t19?,23-,25?/m0/s1. The lowest BCUT2D eigenvalue weighted by Crippen LogP contribution is -2.48. The summed E-state index contributed by atoms with van der Waals surface area (Å²) in [6, 6.07) is 11.4. The van der Waals surface area contributed by atoms with Gasteiger partial charge in [-0.1, -0.05) is 24.3 Å². The Hall–Kier alpha value is -4.65. The zero-order valence-electron chi connectivity index (χ0n) is 23.9. The number of fused-ring (bicyclic) bond motifs is 1. The van der Waals surface area contributed by atoms with Crippen LogP contribution < -0.4 is 11.1 Å². The van der Waals surface area contributed by atoms with Crippen LogP contribution >= 0.6 is 0 Å². The van der Waals surface area contributed by atoms with Crippen LogP contribution in [0.15, 0.2) is 54.7 Å². The van der Waals surface area contributed by atoms with Crippen molar-refractivity contribution < 1.29 is 43.3 Å². The first-order valence-corrected chi connectivity index (χ1v) is 13.6. The molecule has 0 aliphatic heterocycles. The van der Waals surface area contributed by atoms with Crippen LogP contribution in [0.25, 0.3) is 11.0 Å². The largest absolute Gasteiger partial charge is 0.508 e. The van der Waals surface area contributed by atoms with Crippen LogP contribution in [0.4, 0.5) is 9.18 Å². The number of aliphatic carboxylic acids is 1. The molecule has 2 unspecified atom stereocenters. The lowest BCUT2D eigenvalue weighted by Gasteiger charge is -2.30. The molecule has 230 valence electrons. The number of amides is 2. The number of aromatic nitrogens is 2. The lowest BCUT2D eigenvalue weighted by atomic mass is 9.87. The molecule has 43 heavy (non-hydrogen) atoms. The molecule has 13 heteroatoms. The fourth-order valence-electron chi connectivity index (χ4n) is 4.36. The maximum atomic E-state index is 14.1. The van der Waals surface area contributed by atoms with Crippen LogP contribution in [-0.2, 0) is 25.5 Å². The first-order valence-electron chi connectivity index (χ1n) is 13.6. The Bertz CT molecular complexity index is 1440. The Morgan fingerprint density at radius 3 is 2.47 bits per heavy atom. The third-order valence-corrected chi connectivity index (χ3v) is 6.60. The topological polar surface area (TPSA) is 191 Å². The number of hydrogen-bond acceptors (Lipinski definition) is 9. The Kier molecular flexibility index (Phi) is 11.5. The maximum absolute atomic E-state index is 14.1. The fourth-order valence-corrected chi connectivity index (χ4v) is 4.36. The van der Waals surface area contributed by atoms with Gasteiger partial charge in [-0.3, -0.25) is 19.4 Å². The third-order valence-electron chi connectivity index (χ3n) is 6.60. The molecule has 0 bridgehead atoms. The summed E-state index contributed by atoms with van der Waals surface area (Å²) in [7, 11) is 0. The van der Waals surface area contributed by atoms with E-state index in [9.17, 15) is 28.7 Å². The van der Waals surface area contributed by atoms with E-state index in [1.54, 1.807) is 44.2 Å². The molecule has 5 N–H and O–H groups in total. The van der Waals surface area contributed by atoms with Crippen molar-refractivity contribution >= 4 is 35.0 Å². The second kappa shape index (κ2) is 15.0. The predicted molar refractivity (Wildman–Crippen MR) is 152 cm³/mol. The van der Waals surface area contributed by atoms with Gasteiger partial charge in [0.05, 0.1) is 35.3 Å². The summed E-state index contributed by atoms with van der Waals surface area (Å²) in [5.41, 5.74) is 5.97. The summed E-state index contributed by atoms with van der Waals surface area (Å²) in [5.74, 6) is -4.05. The SMILES string of the molecule is CC(C)(O)CCC(CC(OC(=O)OCCC(=O)O)[C@H](Cc1cccc(F)c1)NC(=O)c1cnc2ccccc2n1)C(N)=O. The molecule has 2 aromatic carbocycles. The molecule has 1 heterocycles. The summed E-state index contributed by atoms with van der Waals surface area (Å²) in [6.45, 7) is 2.65. The van der Waals surface area contributed by atoms with Crippen molar-refractivity contribution in [2.45, 2.75) is 63.7 Å². The van der Waals surface area contributed by atoms with Crippen molar-refractivity contribution in [2.75, 3.05) is 6.61 Å². The molecule has 0 aliphatic carbocycles. The highest BCUT2D eigenvalue weighted by Gasteiger charge is 2.34. The van der Waals surface area contributed by atoms with Gasteiger partial charge >= 0.3 is 12.1 Å². The Balaban J connectivity index is 1.96. The molecule has 12 nitrogen and oxygen atoms in total. The Labute approximate surface area is 247 Å². The number of benzene rings is 2. The summed E-state index contributed by atoms with van der Waals surface area (Å²) < 4.78 is 24.5. The fraction of sp³-hybridized carbons (Fsp3) is 0.400. The minimum Gasteiger partial charge on any atom is -0.481 e. The minimum atomic E-state index is -1.25. The van der Waals surface area contributed by atoms with Gasteiger partial charge in [-0.05, 0) is 69.4 Å². The molecule has 0 fully saturated rings. The summed E-state index contributed by atoms with van der Waals surface area (Å²) in [4.78, 5) is 57.9. The number of carboxylic acid groups (broad SMARTS) is 1. The minimum absolute atomic E-state index is 0.0424. The average Bonchev–Trinajstić information content (AvgIpc) is 2.93. The number of carbonyl (C=O) groups excluding carboxylic acids is 3. The summed E-state index contributed by atoms with van der Waals surface area (Å²) in [6.07, 6.45) is -1.61. The van der Waals surface area contributed by atoms with Gasteiger partial charge in [-0.2, -0.15) is 0 Å². The molecule has 0 saturated heterocycles. The van der Waals surface area contributed by atoms with Crippen LogP contribution in [-0.4, -0.2) is 68.5 Å². The van der Waals surface area contributed by atoms with Gasteiger partial charge in [-0.15, -0.1) is 0 Å². The van der Waals surface area contributed by atoms with Gasteiger partial charge < -0.3 is 30.7 Å². The van der Waals surface area contributed by atoms with Crippen LogP contribution in [0.5, 0.6) is 0 Å². The highest BCUT2D eigenvalue weighted by Crippen LogP contribution is 2.24. The zero-order valence-corrected chi connectivity index (χ0v) is 23.9. The number of ether oxygens (including phenoxy) is 2. The second-order valence-corrected chi connectivity index (χ2v) is 10.7. The molecule has 3 atom stereocenters. The van der Waals surface area contributed by atoms with Crippen molar-refractivity contribution in [1.82, 2.24) is 15.3 Å². The van der Waals surface area contributed by atoms with E-state index in [1.165, 1.54) is 24.4 Å². The van der Waals surface area contributed by atoms with Gasteiger partial charge in [0.15, 0.2) is 0 Å². The van der Waals surface area contributed by atoms with Crippen molar-refractivity contribution in [1.29, 1.82) is 0 Å². The van der Waals surface area contributed by atoms with E-state index in [0.717, 1.165) is 0 Å². The molecule has 0 spiro atoms. The summed E-state index contributed by atoms with van der Waals surface area (Å²) >= 11 is 0. The monoisotopic (exact) mass is 598 g/mol. The van der Waals surface area contributed by atoms with Crippen molar-refractivity contribution in [3.63, 3.8) is 0 Å². The van der Waals surface area contributed by atoms with E-state index >= 15 is 0 Å². The first kappa shape index (κ1) is 32.9. The molecule has 2 amide bonds. The van der Waals surface area contributed by atoms with Crippen molar-refractivity contribution in [3.05, 3.63) is 71.8 Å². The molecule has 0 radical (unpaired) electrons. The van der Waals surface area contributed by atoms with Crippen LogP contribution in [0.1, 0.15) is 55.6 Å². The second-order valence-electron chi connectivity index (χ2n) is 10.7. The highest BCUT2D eigenvalue weighted by atomic mass is 19.1. The van der Waals surface area contributed by atoms with Crippen LogP contribution in [0.2, 0.25) is 0 Å². The Morgan fingerprint density at radius 1 is 1.09 bits per heavy atom. The van der Waals surface area contributed by atoms with Crippen molar-refractivity contribution in [3.8, 4) is 0 Å². The number of primary amides is 1. The molecule has 1 aromatic heterocycles. The summed E-state index contributed by atoms with van der Waals surface area (Å²) in [5, 5.41) is 21.8. The number of nitrogens with one attached hydrogen (secondary N) is 1. The molecular formula is C30H35FN4O8. The lowest BCUT2D eigenvalue weighted by molar-refractivity contribution is -0.138. The van der Waals surface area contributed by atoms with E-state index in [1.807, 2.05) is 0 Å². The molecule has 3 aromatic rings. The number of aliphatic hydroxyl groups is 1. The van der Waals surface area contributed by atoms with E-state index in [0.29, 0.717) is 16.6 Å². The van der Waals surface area contributed by atoms with E-state index in [-0.39, 0.29) is 31.4 Å². The van der Waals surface area contributed by atoms with Gasteiger partial charge in [0, 0.05) is 5.92 Å².